The van der Waals surface area contributed by atoms with E-state index in [9.17, 15) is 0 Å². The highest BCUT2D eigenvalue weighted by atomic mass is 32.2. The van der Waals surface area contributed by atoms with Gasteiger partial charge in [-0.2, -0.15) is 11.8 Å². The molecular weight excluding hydrogens is 202 g/mol. The van der Waals surface area contributed by atoms with E-state index >= 15 is 0 Å². The zero-order chi connectivity index (χ0) is 11.5. The van der Waals surface area contributed by atoms with Crippen molar-refractivity contribution >= 4 is 11.8 Å². The van der Waals surface area contributed by atoms with E-state index in [1.54, 1.807) is 0 Å². The first kappa shape index (κ1) is 15.3. The van der Waals surface area contributed by atoms with Gasteiger partial charge in [-0.3, -0.25) is 0 Å². The summed E-state index contributed by atoms with van der Waals surface area (Å²) in [6.07, 6.45) is 6.57. The van der Waals surface area contributed by atoms with E-state index < -0.39 is 0 Å². The highest BCUT2D eigenvalue weighted by molar-refractivity contribution is 7.99. The molecule has 0 saturated carbocycles. The normalized spacial score (nSPS) is 15.2. The molecule has 0 aliphatic rings. The van der Waals surface area contributed by atoms with Gasteiger partial charge in [-0.1, -0.05) is 40.5 Å². The van der Waals surface area contributed by atoms with Gasteiger partial charge in [0.2, 0.25) is 0 Å². The van der Waals surface area contributed by atoms with Crippen molar-refractivity contribution < 1.29 is 0 Å². The van der Waals surface area contributed by atoms with Crippen LogP contribution in [-0.2, 0) is 0 Å². The maximum Gasteiger partial charge on any atom is 0.0158 e. The van der Waals surface area contributed by atoms with Gasteiger partial charge in [-0.05, 0) is 25.8 Å². The molecule has 0 spiro atoms. The molecule has 92 valence electrons. The summed E-state index contributed by atoms with van der Waals surface area (Å²) in [6.45, 7) is 10.3. The number of nitrogens with one attached hydrogen (secondary N) is 1. The zero-order valence-corrected chi connectivity index (χ0v) is 11.8. The molecular formula is C13H29NS. The summed E-state index contributed by atoms with van der Waals surface area (Å²) in [5.41, 5.74) is 0. The number of hydrogen-bond donors (Lipinski definition) is 1. The topological polar surface area (TPSA) is 12.0 Å². The molecule has 1 nitrogen and oxygen atoms in total. The van der Waals surface area contributed by atoms with Crippen LogP contribution in [0.25, 0.3) is 0 Å². The Hall–Kier alpha value is 0.310. The Morgan fingerprint density at radius 2 is 1.87 bits per heavy atom. The molecule has 2 atom stereocenters. The first-order chi connectivity index (χ1) is 7.24. The number of hydrogen-bond acceptors (Lipinski definition) is 2. The average Bonchev–Trinajstić information content (AvgIpc) is 2.27. The van der Waals surface area contributed by atoms with Crippen molar-refractivity contribution in [1.82, 2.24) is 5.32 Å². The third kappa shape index (κ3) is 9.25. The van der Waals surface area contributed by atoms with Gasteiger partial charge in [-0.15, -0.1) is 0 Å². The fraction of sp³-hybridized carbons (Fsp3) is 1.00. The highest BCUT2D eigenvalue weighted by Crippen LogP contribution is 2.16. The lowest BCUT2D eigenvalue weighted by Gasteiger charge is -2.19. The molecule has 0 heterocycles. The summed E-state index contributed by atoms with van der Waals surface area (Å²) in [6, 6.07) is 0.740. The smallest absolute Gasteiger partial charge is 0.0158 e. The molecule has 0 fully saturated rings. The zero-order valence-electron chi connectivity index (χ0n) is 11.0. The second-order valence-corrected chi connectivity index (χ2v) is 5.82. The van der Waals surface area contributed by atoms with E-state index in [4.69, 9.17) is 0 Å². The average molecular weight is 231 g/mol. The monoisotopic (exact) mass is 231 g/mol. The third-order valence-corrected chi connectivity index (χ3v) is 4.24. The Balaban J connectivity index is 3.67. The van der Waals surface area contributed by atoms with E-state index in [0.717, 1.165) is 11.3 Å². The minimum atomic E-state index is 0.740. The number of rotatable bonds is 10. The Labute approximate surface area is 101 Å². The van der Waals surface area contributed by atoms with Crippen LogP contribution >= 0.6 is 11.8 Å². The van der Waals surface area contributed by atoms with Crippen molar-refractivity contribution in [3.8, 4) is 0 Å². The van der Waals surface area contributed by atoms with Crippen molar-refractivity contribution in [3.05, 3.63) is 0 Å². The standard InChI is InChI=1S/C13H29NS/c1-5-8-9-13(14-10-6-2)11-15-12(4)7-3/h12-14H,5-11H2,1-4H3. The molecule has 0 aliphatic heterocycles. The lowest BCUT2D eigenvalue weighted by molar-refractivity contribution is 0.500. The van der Waals surface area contributed by atoms with Crippen LogP contribution in [0.1, 0.15) is 59.8 Å². The molecule has 0 radical (unpaired) electrons. The molecule has 0 saturated heterocycles. The molecule has 0 aliphatic carbocycles. The van der Waals surface area contributed by atoms with Gasteiger partial charge >= 0.3 is 0 Å². The second kappa shape index (κ2) is 10.8. The first-order valence-electron chi connectivity index (χ1n) is 6.59. The molecule has 2 unspecified atom stereocenters. The molecule has 15 heavy (non-hydrogen) atoms. The summed E-state index contributed by atoms with van der Waals surface area (Å²) in [4.78, 5) is 0. The van der Waals surface area contributed by atoms with Crippen LogP contribution < -0.4 is 5.32 Å². The van der Waals surface area contributed by atoms with E-state index in [1.165, 1.54) is 44.4 Å². The van der Waals surface area contributed by atoms with Crippen LogP contribution in [0.3, 0.4) is 0 Å². The van der Waals surface area contributed by atoms with Crippen LogP contribution in [0.4, 0.5) is 0 Å². The minimum absolute atomic E-state index is 0.740. The van der Waals surface area contributed by atoms with Gasteiger partial charge in [-0.25, -0.2) is 0 Å². The van der Waals surface area contributed by atoms with E-state index in [0.29, 0.717) is 0 Å². The largest absolute Gasteiger partial charge is 0.313 e. The second-order valence-electron chi connectivity index (χ2n) is 4.35. The van der Waals surface area contributed by atoms with Crippen LogP contribution in [0.5, 0.6) is 0 Å². The summed E-state index contributed by atoms with van der Waals surface area (Å²) in [7, 11) is 0. The van der Waals surface area contributed by atoms with Gasteiger partial charge in [0.05, 0.1) is 0 Å². The maximum absolute atomic E-state index is 3.66. The summed E-state index contributed by atoms with van der Waals surface area (Å²) < 4.78 is 0. The summed E-state index contributed by atoms with van der Waals surface area (Å²) >= 11 is 2.12. The Kier molecular flexibility index (Phi) is 11.0. The van der Waals surface area contributed by atoms with Crippen LogP contribution in [0.2, 0.25) is 0 Å². The van der Waals surface area contributed by atoms with Crippen molar-refractivity contribution in [1.29, 1.82) is 0 Å². The number of thioether (sulfide) groups is 1. The molecule has 0 amide bonds. The maximum atomic E-state index is 3.66. The fourth-order valence-electron chi connectivity index (χ4n) is 1.44. The number of unbranched alkanes of at least 4 members (excludes halogenated alkanes) is 1. The molecule has 0 aromatic heterocycles. The predicted molar refractivity (Wildman–Crippen MR) is 73.8 cm³/mol. The van der Waals surface area contributed by atoms with Gasteiger partial charge in [0, 0.05) is 17.0 Å². The first-order valence-corrected chi connectivity index (χ1v) is 7.64. The van der Waals surface area contributed by atoms with Crippen LogP contribution in [-0.4, -0.2) is 23.6 Å². The van der Waals surface area contributed by atoms with Crippen LogP contribution in [0.15, 0.2) is 0 Å². The van der Waals surface area contributed by atoms with Gasteiger partial charge < -0.3 is 5.32 Å². The van der Waals surface area contributed by atoms with E-state index in [1.807, 2.05) is 0 Å². The van der Waals surface area contributed by atoms with Gasteiger partial charge in [0.25, 0.3) is 0 Å². The quantitative estimate of drug-likeness (QED) is 0.608. The predicted octanol–water partition coefficient (Wildman–Crippen LogP) is 4.08. The highest BCUT2D eigenvalue weighted by Gasteiger charge is 2.09. The Bertz CT molecular complexity index is 120. The van der Waals surface area contributed by atoms with E-state index in [-0.39, 0.29) is 0 Å². The molecule has 0 rings (SSSR count). The summed E-state index contributed by atoms with van der Waals surface area (Å²) in [5, 5.41) is 4.48. The van der Waals surface area contributed by atoms with Crippen molar-refractivity contribution in [2.45, 2.75) is 71.1 Å². The molecule has 2 heteroatoms. The van der Waals surface area contributed by atoms with E-state index in [2.05, 4.69) is 44.8 Å². The third-order valence-electron chi connectivity index (χ3n) is 2.75. The molecule has 0 aromatic rings. The molecule has 0 bridgehead atoms. The lowest BCUT2D eigenvalue weighted by Crippen LogP contribution is -2.32. The Morgan fingerprint density at radius 3 is 2.40 bits per heavy atom. The van der Waals surface area contributed by atoms with Crippen LogP contribution in [0, 0.1) is 0 Å². The van der Waals surface area contributed by atoms with Crippen molar-refractivity contribution in [3.63, 3.8) is 0 Å². The molecule has 1 N–H and O–H groups in total. The lowest BCUT2D eigenvalue weighted by atomic mass is 10.1. The van der Waals surface area contributed by atoms with Gasteiger partial charge in [0.15, 0.2) is 0 Å². The summed E-state index contributed by atoms with van der Waals surface area (Å²) in [5.74, 6) is 1.29. The SMILES string of the molecule is CCCCC(CSC(C)CC)NCCC. The van der Waals surface area contributed by atoms with Crippen molar-refractivity contribution in [2.24, 2.45) is 0 Å². The minimum Gasteiger partial charge on any atom is -0.313 e. The Morgan fingerprint density at radius 1 is 1.13 bits per heavy atom. The molecule has 0 aromatic carbocycles. The van der Waals surface area contributed by atoms with Gasteiger partial charge in [0.1, 0.15) is 0 Å². The van der Waals surface area contributed by atoms with Crippen molar-refractivity contribution in [2.75, 3.05) is 12.3 Å². The fourth-order valence-corrected chi connectivity index (χ4v) is 2.52.